The van der Waals surface area contributed by atoms with Gasteiger partial charge in [0, 0.05) is 11.8 Å². The average molecular weight is 599 g/mol. The SMILES string of the molecule is CC(C)(C)[Si](C)(C)Oc1ccc(C(=C(CCCl)c2ccccc2)C2C=CC(OS(=O)(=O)C(F)(F)F)=CC2)cc1. The monoisotopic (exact) mass is 598 g/mol. The summed E-state index contributed by atoms with van der Waals surface area (Å²) in [5.41, 5.74) is -1.66. The van der Waals surface area contributed by atoms with Crippen molar-refractivity contribution in [3.63, 3.8) is 0 Å². The molecule has 1 atom stereocenters. The molecule has 0 fully saturated rings. The van der Waals surface area contributed by atoms with Crippen LogP contribution in [-0.4, -0.2) is 28.1 Å². The minimum Gasteiger partial charge on any atom is -0.544 e. The van der Waals surface area contributed by atoms with E-state index < -0.39 is 23.9 Å². The molecule has 2 aromatic rings. The maximum Gasteiger partial charge on any atom is 0.534 e. The van der Waals surface area contributed by atoms with E-state index in [1.165, 1.54) is 12.2 Å². The van der Waals surface area contributed by atoms with Gasteiger partial charge in [-0.1, -0.05) is 69.3 Å². The second-order valence-electron chi connectivity index (χ2n) is 10.9. The fraction of sp³-hybridized carbons (Fsp3) is 0.379. The summed E-state index contributed by atoms with van der Waals surface area (Å²) in [6.07, 6.45) is 5.12. The number of benzene rings is 2. The van der Waals surface area contributed by atoms with Gasteiger partial charge in [0.05, 0.1) is 0 Å². The molecule has 0 heterocycles. The van der Waals surface area contributed by atoms with Crippen molar-refractivity contribution < 1.29 is 30.2 Å². The van der Waals surface area contributed by atoms with E-state index in [4.69, 9.17) is 16.0 Å². The lowest BCUT2D eigenvalue weighted by atomic mass is 9.81. The van der Waals surface area contributed by atoms with Crippen molar-refractivity contribution in [3.8, 4) is 5.75 Å². The van der Waals surface area contributed by atoms with Crippen LogP contribution in [0.5, 0.6) is 5.75 Å². The van der Waals surface area contributed by atoms with Crippen LogP contribution in [0, 0.1) is 5.92 Å². The third-order valence-corrected chi connectivity index (χ3v) is 12.6. The van der Waals surface area contributed by atoms with Crippen LogP contribution in [-0.2, 0) is 14.3 Å². The van der Waals surface area contributed by atoms with Crippen molar-refractivity contribution in [2.75, 3.05) is 5.88 Å². The third-order valence-electron chi connectivity index (χ3n) is 7.06. The first kappa shape index (κ1) is 31.0. The van der Waals surface area contributed by atoms with Gasteiger partial charge >= 0.3 is 15.6 Å². The number of alkyl halides is 4. The first-order chi connectivity index (χ1) is 18.1. The van der Waals surface area contributed by atoms with Gasteiger partial charge < -0.3 is 8.61 Å². The molecular formula is C29H34ClF3O4SSi. The Labute approximate surface area is 235 Å². The summed E-state index contributed by atoms with van der Waals surface area (Å²) < 4.78 is 72.1. The standard InChI is InChI=1S/C29H34ClF3O4SSi/c1-28(2,3)39(4,5)37-25-17-13-23(14-18-25)27(26(19-20-30)21-9-7-6-8-10-21)22-11-15-24(16-12-22)36-38(34,35)29(31,32)33/h6-11,13-18,22H,12,19-20H2,1-5H3. The highest BCUT2D eigenvalue weighted by Crippen LogP contribution is 2.41. The summed E-state index contributed by atoms with van der Waals surface area (Å²) in [4.78, 5) is 0. The van der Waals surface area contributed by atoms with Gasteiger partial charge in [-0.05, 0) is 77.5 Å². The molecule has 2 aromatic carbocycles. The lowest BCUT2D eigenvalue weighted by molar-refractivity contribution is -0.0520. The molecule has 1 aliphatic rings. The largest absolute Gasteiger partial charge is 0.544 e. The molecule has 39 heavy (non-hydrogen) atoms. The van der Waals surface area contributed by atoms with Crippen molar-refractivity contribution in [2.45, 2.75) is 57.3 Å². The highest BCUT2D eigenvalue weighted by molar-refractivity contribution is 7.87. The predicted octanol–water partition coefficient (Wildman–Crippen LogP) is 8.94. The van der Waals surface area contributed by atoms with Gasteiger partial charge in [-0.15, -0.1) is 11.6 Å². The summed E-state index contributed by atoms with van der Waals surface area (Å²) in [6, 6.07) is 17.6. The zero-order chi connectivity index (χ0) is 29.1. The Hall–Kier alpha value is -2.49. The molecule has 3 rings (SSSR count). The first-order valence-corrected chi connectivity index (χ1v) is 17.4. The molecule has 0 bridgehead atoms. The molecule has 0 radical (unpaired) electrons. The smallest absolute Gasteiger partial charge is 0.534 e. The maximum atomic E-state index is 12.8. The molecule has 0 N–H and O–H groups in total. The van der Waals surface area contributed by atoms with E-state index >= 15 is 0 Å². The molecule has 0 saturated carbocycles. The zero-order valence-corrected chi connectivity index (χ0v) is 25.3. The lowest BCUT2D eigenvalue weighted by Crippen LogP contribution is -2.43. The highest BCUT2D eigenvalue weighted by atomic mass is 35.5. The topological polar surface area (TPSA) is 52.6 Å². The summed E-state index contributed by atoms with van der Waals surface area (Å²) in [7, 11) is -7.79. The predicted molar refractivity (Wildman–Crippen MR) is 154 cm³/mol. The van der Waals surface area contributed by atoms with Crippen molar-refractivity contribution in [3.05, 3.63) is 89.7 Å². The molecule has 4 nitrogen and oxygen atoms in total. The second-order valence-corrected chi connectivity index (χ2v) is 17.5. The summed E-state index contributed by atoms with van der Waals surface area (Å²) in [5, 5.41) is 0.0379. The van der Waals surface area contributed by atoms with Crippen molar-refractivity contribution in [2.24, 2.45) is 5.92 Å². The molecule has 1 unspecified atom stereocenters. The van der Waals surface area contributed by atoms with Gasteiger partial charge in [0.1, 0.15) is 11.5 Å². The molecule has 10 heteroatoms. The maximum absolute atomic E-state index is 12.8. The van der Waals surface area contributed by atoms with E-state index in [0.29, 0.717) is 12.3 Å². The van der Waals surface area contributed by atoms with E-state index in [2.05, 4.69) is 38.0 Å². The number of allylic oxidation sites excluding steroid dienone is 5. The molecule has 0 amide bonds. The summed E-state index contributed by atoms with van der Waals surface area (Å²) >= 11 is 6.22. The van der Waals surface area contributed by atoms with Crippen LogP contribution >= 0.6 is 11.6 Å². The number of hydrogen-bond acceptors (Lipinski definition) is 4. The van der Waals surface area contributed by atoms with Gasteiger partial charge in [0.2, 0.25) is 8.32 Å². The normalized spacial score (nSPS) is 17.4. The summed E-state index contributed by atoms with van der Waals surface area (Å²) in [6.45, 7) is 10.9. The molecule has 1 aliphatic carbocycles. The Morgan fingerprint density at radius 1 is 1.00 bits per heavy atom. The average Bonchev–Trinajstić information content (AvgIpc) is 2.84. The van der Waals surface area contributed by atoms with E-state index in [1.807, 2.05) is 54.6 Å². The molecule has 0 aliphatic heterocycles. The van der Waals surface area contributed by atoms with Crippen molar-refractivity contribution in [1.29, 1.82) is 0 Å². The Morgan fingerprint density at radius 2 is 1.62 bits per heavy atom. The van der Waals surface area contributed by atoms with Gasteiger partial charge in [-0.25, -0.2) is 0 Å². The van der Waals surface area contributed by atoms with Crippen LogP contribution in [0.4, 0.5) is 13.2 Å². The molecular weight excluding hydrogens is 565 g/mol. The second kappa shape index (κ2) is 11.9. The van der Waals surface area contributed by atoms with Gasteiger partial charge in [0.25, 0.3) is 0 Å². The van der Waals surface area contributed by atoms with E-state index in [0.717, 1.165) is 28.0 Å². The van der Waals surface area contributed by atoms with Crippen LogP contribution in [0.15, 0.2) is 78.6 Å². The Kier molecular flexibility index (Phi) is 9.50. The van der Waals surface area contributed by atoms with Crippen LogP contribution < -0.4 is 4.43 Å². The van der Waals surface area contributed by atoms with Crippen LogP contribution in [0.3, 0.4) is 0 Å². The first-order valence-electron chi connectivity index (χ1n) is 12.6. The Balaban J connectivity index is 2.02. The summed E-state index contributed by atoms with van der Waals surface area (Å²) in [5.74, 6) is 0.525. The minimum atomic E-state index is -5.75. The van der Waals surface area contributed by atoms with Crippen LogP contribution in [0.1, 0.15) is 44.7 Å². The highest BCUT2D eigenvalue weighted by Gasteiger charge is 2.48. The molecule has 0 saturated heterocycles. The van der Waals surface area contributed by atoms with Gasteiger partial charge in [-0.3, -0.25) is 0 Å². The van der Waals surface area contributed by atoms with Crippen molar-refractivity contribution >= 4 is 41.2 Å². The Bertz CT molecular complexity index is 1340. The van der Waals surface area contributed by atoms with E-state index in [-0.39, 0.29) is 23.1 Å². The quantitative estimate of drug-likeness (QED) is 0.0950. The fourth-order valence-electron chi connectivity index (χ4n) is 3.98. The number of rotatable bonds is 9. The zero-order valence-electron chi connectivity index (χ0n) is 22.7. The van der Waals surface area contributed by atoms with E-state index in [1.54, 1.807) is 6.08 Å². The van der Waals surface area contributed by atoms with E-state index in [9.17, 15) is 21.6 Å². The molecule has 0 aromatic heterocycles. The number of halogens is 4. The minimum absolute atomic E-state index is 0.0379. The van der Waals surface area contributed by atoms with Crippen LogP contribution in [0.25, 0.3) is 11.1 Å². The number of hydrogen-bond donors (Lipinski definition) is 0. The Morgan fingerprint density at radius 3 is 2.10 bits per heavy atom. The lowest BCUT2D eigenvalue weighted by Gasteiger charge is -2.36. The third kappa shape index (κ3) is 7.58. The fourth-order valence-corrected chi connectivity index (χ4v) is 5.67. The van der Waals surface area contributed by atoms with Crippen LogP contribution in [0.2, 0.25) is 18.1 Å². The molecule has 0 spiro atoms. The molecule has 212 valence electrons. The van der Waals surface area contributed by atoms with Gasteiger partial charge in [-0.2, -0.15) is 21.6 Å². The van der Waals surface area contributed by atoms with Crippen molar-refractivity contribution in [1.82, 2.24) is 0 Å². The van der Waals surface area contributed by atoms with Gasteiger partial charge in [0.15, 0.2) is 0 Å².